The fourth-order valence-electron chi connectivity index (χ4n) is 2.66. The van der Waals surface area contributed by atoms with E-state index in [2.05, 4.69) is 4.98 Å². The Morgan fingerprint density at radius 2 is 2.12 bits per heavy atom. The SMILES string of the molecule is Cc1nc(C(F)(F)F)ccc1C(=O)N(CCC(=O)O)C[C@H]1CCCO1. The molecule has 1 amide bonds. The van der Waals surface area contributed by atoms with Crippen LogP contribution >= 0.6 is 0 Å². The average molecular weight is 360 g/mol. The van der Waals surface area contributed by atoms with Crippen molar-refractivity contribution in [3.63, 3.8) is 0 Å². The van der Waals surface area contributed by atoms with Crippen molar-refractivity contribution in [2.24, 2.45) is 0 Å². The number of hydrogen-bond acceptors (Lipinski definition) is 4. The molecule has 0 aromatic carbocycles. The van der Waals surface area contributed by atoms with E-state index in [1.54, 1.807) is 0 Å². The zero-order valence-electron chi connectivity index (χ0n) is 13.7. The molecule has 1 aromatic heterocycles. The molecule has 0 radical (unpaired) electrons. The maximum absolute atomic E-state index is 12.7. The highest BCUT2D eigenvalue weighted by atomic mass is 19.4. The number of amides is 1. The number of aromatic nitrogens is 1. The van der Waals surface area contributed by atoms with Gasteiger partial charge in [0.25, 0.3) is 5.91 Å². The maximum Gasteiger partial charge on any atom is 0.433 e. The number of rotatable bonds is 6. The van der Waals surface area contributed by atoms with Crippen molar-refractivity contribution in [3.8, 4) is 0 Å². The van der Waals surface area contributed by atoms with Crippen LogP contribution in [0, 0.1) is 6.92 Å². The van der Waals surface area contributed by atoms with Crippen molar-refractivity contribution < 1.29 is 32.6 Å². The molecule has 1 fully saturated rings. The second-order valence-electron chi connectivity index (χ2n) is 5.86. The lowest BCUT2D eigenvalue weighted by molar-refractivity contribution is -0.141. The number of ether oxygens (including phenoxy) is 1. The zero-order chi connectivity index (χ0) is 18.6. The molecule has 2 heterocycles. The lowest BCUT2D eigenvalue weighted by atomic mass is 10.1. The maximum atomic E-state index is 12.7. The van der Waals surface area contributed by atoms with E-state index < -0.39 is 23.7 Å². The van der Waals surface area contributed by atoms with Crippen molar-refractivity contribution >= 4 is 11.9 Å². The normalized spacial score (nSPS) is 17.5. The minimum atomic E-state index is -4.59. The number of aliphatic carboxylic acids is 1. The molecule has 0 aliphatic carbocycles. The first kappa shape index (κ1) is 19.2. The van der Waals surface area contributed by atoms with Crippen molar-refractivity contribution in [2.75, 3.05) is 19.7 Å². The Balaban J connectivity index is 2.20. The molecule has 1 aromatic rings. The number of aryl methyl sites for hydroxylation is 1. The minimum Gasteiger partial charge on any atom is -0.481 e. The van der Waals surface area contributed by atoms with Gasteiger partial charge in [-0.05, 0) is 31.9 Å². The third-order valence-electron chi connectivity index (χ3n) is 3.94. The van der Waals surface area contributed by atoms with Gasteiger partial charge in [0.1, 0.15) is 5.69 Å². The van der Waals surface area contributed by atoms with Gasteiger partial charge in [0.2, 0.25) is 0 Å². The summed E-state index contributed by atoms with van der Waals surface area (Å²) in [5.74, 6) is -1.61. The van der Waals surface area contributed by atoms with Gasteiger partial charge in [0.05, 0.1) is 23.8 Å². The number of halogens is 3. The Kier molecular flexibility index (Phi) is 5.99. The first-order valence-corrected chi connectivity index (χ1v) is 7.86. The third kappa shape index (κ3) is 5.15. The number of carboxylic acids is 1. The van der Waals surface area contributed by atoms with Crippen LogP contribution in [0.3, 0.4) is 0 Å². The first-order chi connectivity index (χ1) is 11.7. The quantitative estimate of drug-likeness (QED) is 0.843. The van der Waals surface area contributed by atoms with E-state index in [-0.39, 0.29) is 36.9 Å². The molecule has 1 atom stereocenters. The molecule has 9 heteroatoms. The van der Waals surface area contributed by atoms with E-state index in [4.69, 9.17) is 9.84 Å². The van der Waals surface area contributed by atoms with Crippen LogP contribution in [0.5, 0.6) is 0 Å². The minimum absolute atomic E-state index is 0.0244. The van der Waals surface area contributed by atoms with E-state index in [1.165, 1.54) is 11.8 Å². The van der Waals surface area contributed by atoms with Gasteiger partial charge in [-0.25, -0.2) is 4.98 Å². The van der Waals surface area contributed by atoms with Crippen LogP contribution < -0.4 is 0 Å². The second-order valence-corrected chi connectivity index (χ2v) is 5.86. The summed E-state index contributed by atoms with van der Waals surface area (Å²) in [6.07, 6.45) is -3.44. The van der Waals surface area contributed by atoms with Crippen LogP contribution in [0.15, 0.2) is 12.1 Å². The number of pyridine rings is 1. The highest BCUT2D eigenvalue weighted by Crippen LogP contribution is 2.28. The summed E-state index contributed by atoms with van der Waals surface area (Å²) >= 11 is 0. The second kappa shape index (κ2) is 7.81. The molecule has 0 unspecified atom stereocenters. The molecule has 2 rings (SSSR count). The lowest BCUT2D eigenvalue weighted by Crippen LogP contribution is -2.39. The summed E-state index contributed by atoms with van der Waals surface area (Å²) in [6, 6.07) is 1.83. The van der Waals surface area contributed by atoms with Crippen LogP contribution in [0.2, 0.25) is 0 Å². The van der Waals surface area contributed by atoms with Crippen molar-refractivity contribution in [2.45, 2.75) is 38.5 Å². The number of carbonyl (C=O) groups excluding carboxylic acids is 1. The number of carbonyl (C=O) groups is 2. The zero-order valence-corrected chi connectivity index (χ0v) is 13.7. The molecular formula is C16H19F3N2O4. The summed E-state index contributed by atoms with van der Waals surface area (Å²) in [7, 11) is 0. The summed E-state index contributed by atoms with van der Waals surface area (Å²) in [5.41, 5.74) is -1.10. The topological polar surface area (TPSA) is 79.7 Å². The van der Waals surface area contributed by atoms with E-state index in [9.17, 15) is 22.8 Å². The van der Waals surface area contributed by atoms with Gasteiger partial charge in [-0.2, -0.15) is 13.2 Å². The Labute approximate surface area is 142 Å². The highest BCUT2D eigenvalue weighted by molar-refractivity contribution is 5.95. The van der Waals surface area contributed by atoms with Crippen LogP contribution in [0.25, 0.3) is 0 Å². The fraction of sp³-hybridized carbons (Fsp3) is 0.562. The van der Waals surface area contributed by atoms with Crippen molar-refractivity contribution in [1.82, 2.24) is 9.88 Å². The van der Waals surface area contributed by atoms with Gasteiger partial charge in [-0.1, -0.05) is 0 Å². The molecule has 1 aliphatic rings. The average Bonchev–Trinajstić information content (AvgIpc) is 3.02. The van der Waals surface area contributed by atoms with E-state index in [0.29, 0.717) is 6.61 Å². The Bertz CT molecular complexity index is 643. The van der Waals surface area contributed by atoms with Gasteiger partial charge in [-0.3, -0.25) is 9.59 Å². The van der Waals surface area contributed by atoms with Crippen LogP contribution in [0.4, 0.5) is 13.2 Å². The Morgan fingerprint density at radius 3 is 2.64 bits per heavy atom. The monoisotopic (exact) mass is 360 g/mol. The highest BCUT2D eigenvalue weighted by Gasteiger charge is 2.33. The smallest absolute Gasteiger partial charge is 0.433 e. The molecule has 1 N–H and O–H groups in total. The lowest BCUT2D eigenvalue weighted by Gasteiger charge is -2.25. The number of alkyl halides is 3. The number of carboxylic acid groups (broad SMARTS) is 1. The molecule has 1 saturated heterocycles. The molecule has 0 spiro atoms. The van der Waals surface area contributed by atoms with E-state index in [0.717, 1.165) is 25.0 Å². The molecule has 0 saturated carbocycles. The largest absolute Gasteiger partial charge is 0.481 e. The van der Waals surface area contributed by atoms with Gasteiger partial charge < -0.3 is 14.7 Å². The van der Waals surface area contributed by atoms with Crippen molar-refractivity contribution in [3.05, 3.63) is 29.1 Å². The molecule has 138 valence electrons. The van der Waals surface area contributed by atoms with Crippen LogP contribution in [-0.2, 0) is 15.7 Å². The summed E-state index contributed by atoms with van der Waals surface area (Å²) in [4.78, 5) is 28.3. The summed E-state index contributed by atoms with van der Waals surface area (Å²) in [5, 5.41) is 8.85. The third-order valence-corrected chi connectivity index (χ3v) is 3.94. The van der Waals surface area contributed by atoms with Gasteiger partial charge in [0.15, 0.2) is 0 Å². The number of nitrogens with zero attached hydrogens (tertiary/aromatic N) is 2. The molecule has 25 heavy (non-hydrogen) atoms. The van der Waals surface area contributed by atoms with Gasteiger partial charge in [-0.15, -0.1) is 0 Å². The van der Waals surface area contributed by atoms with Crippen LogP contribution in [-0.4, -0.2) is 52.7 Å². The number of hydrogen-bond donors (Lipinski definition) is 1. The fourth-order valence-corrected chi connectivity index (χ4v) is 2.66. The first-order valence-electron chi connectivity index (χ1n) is 7.86. The standard InChI is InChI=1S/C16H19F3N2O4/c1-10-12(4-5-13(20-10)16(17,18)19)15(24)21(7-6-14(22)23)9-11-3-2-8-25-11/h4-5,11H,2-3,6-9H2,1H3,(H,22,23)/t11-/m1/s1. The summed E-state index contributed by atoms with van der Waals surface area (Å²) in [6.45, 7) is 2.05. The van der Waals surface area contributed by atoms with Gasteiger partial charge >= 0.3 is 12.1 Å². The summed E-state index contributed by atoms with van der Waals surface area (Å²) < 4.78 is 43.6. The molecule has 1 aliphatic heterocycles. The predicted octanol–water partition coefficient (Wildman–Crippen LogP) is 2.50. The van der Waals surface area contributed by atoms with E-state index in [1.807, 2.05) is 0 Å². The molecule has 0 bridgehead atoms. The van der Waals surface area contributed by atoms with Crippen LogP contribution in [0.1, 0.15) is 41.0 Å². The predicted molar refractivity (Wildman–Crippen MR) is 81.1 cm³/mol. The molecule has 6 nitrogen and oxygen atoms in total. The molecular weight excluding hydrogens is 341 g/mol. The van der Waals surface area contributed by atoms with E-state index >= 15 is 0 Å². The Hall–Kier alpha value is -2.16. The van der Waals surface area contributed by atoms with Crippen molar-refractivity contribution in [1.29, 1.82) is 0 Å². The Morgan fingerprint density at radius 1 is 1.40 bits per heavy atom. The van der Waals surface area contributed by atoms with Gasteiger partial charge in [0, 0.05) is 19.7 Å².